The van der Waals surface area contributed by atoms with Gasteiger partial charge >= 0.3 is 6.36 Å². The fourth-order valence-electron chi connectivity index (χ4n) is 4.59. The zero-order valence-electron chi connectivity index (χ0n) is 20.4. The summed E-state index contributed by atoms with van der Waals surface area (Å²) in [4.78, 5) is 7.24. The molecule has 0 unspecified atom stereocenters. The Hall–Kier alpha value is -3.53. The molecular formula is C26H29F4N5O. The van der Waals surface area contributed by atoms with Crippen molar-refractivity contribution in [2.24, 2.45) is 5.73 Å². The number of nitrogens with zero attached hydrogens (tertiary/aromatic N) is 3. The van der Waals surface area contributed by atoms with Gasteiger partial charge in [-0.1, -0.05) is 13.0 Å². The summed E-state index contributed by atoms with van der Waals surface area (Å²) in [7, 11) is 0. The number of benzene rings is 2. The molecular weight excluding hydrogens is 474 g/mol. The monoisotopic (exact) mass is 503 g/mol. The number of nitrogens with two attached hydrogens (primary N) is 1. The fraction of sp³-hybridized carbons (Fsp3) is 0.346. The maximum atomic E-state index is 13.6. The highest BCUT2D eigenvalue weighted by Crippen LogP contribution is 2.41. The molecule has 2 heterocycles. The third kappa shape index (κ3) is 5.18. The molecule has 0 atom stereocenters. The van der Waals surface area contributed by atoms with Gasteiger partial charge in [-0.2, -0.15) is 0 Å². The minimum Gasteiger partial charge on any atom is -0.406 e. The molecule has 4 rings (SSSR count). The Morgan fingerprint density at radius 3 is 2.36 bits per heavy atom. The van der Waals surface area contributed by atoms with Crippen LogP contribution in [0.1, 0.15) is 33.0 Å². The maximum absolute atomic E-state index is 13.6. The van der Waals surface area contributed by atoms with Gasteiger partial charge in [0.05, 0.1) is 5.54 Å². The Morgan fingerprint density at radius 1 is 1.11 bits per heavy atom. The lowest BCUT2D eigenvalue weighted by Crippen LogP contribution is -2.49. The SMILES string of the molecule is CC/C=C(\CN)N1CCn2c(nc(-c3ccc(F)cc3)c2Nc2ccc(OC(F)(F)F)cc2)C1(C)C. The standard InChI is InChI=1S/C26H29F4N5O/c1-4-5-20(16-31)35-15-14-34-23(32-19-10-12-21(13-11-19)36-26(28,29)30)22(33-24(34)25(35,2)3)17-6-8-18(27)9-7-17/h5-13,32H,4,14-16,31H2,1-3H3/b20-5+. The second kappa shape index (κ2) is 9.85. The van der Waals surface area contributed by atoms with Crippen molar-refractivity contribution < 1.29 is 22.3 Å². The largest absolute Gasteiger partial charge is 0.573 e. The Bertz CT molecular complexity index is 1230. The predicted molar refractivity (Wildman–Crippen MR) is 131 cm³/mol. The van der Waals surface area contributed by atoms with Crippen LogP contribution in [-0.2, 0) is 12.1 Å². The normalized spacial score (nSPS) is 15.6. The number of hydrogen-bond donors (Lipinski definition) is 2. The minimum atomic E-state index is -4.76. The van der Waals surface area contributed by atoms with Gasteiger partial charge in [-0.15, -0.1) is 13.2 Å². The van der Waals surface area contributed by atoms with Crippen molar-refractivity contribution in [3.05, 3.63) is 71.9 Å². The third-order valence-corrected chi connectivity index (χ3v) is 6.20. The third-order valence-electron chi connectivity index (χ3n) is 6.20. The average Bonchev–Trinajstić information content (AvgIpc) is 3.18. The lowest BCUT2D eigenvalue weighted by atomic mass is 9.97. The molecule has 10 heteroatoms. The number of hydrogen-bond acceptors (Lipinski definition) is 5. The first kappa shape index (κ1) is 25.6. The van der Waals surface area contributed by atoms with Crippen LogP contribution in [0.3, 0.4) is 0 Å². The second-order valence-corrected chi connectivity index (χ2v) is 9.01. The number of nitrogens with one attached hydrogen (secondary N) is 1. The summed E-state index contributed by atoms with van der Waals surface area (Å²) in [6.45, 7) is 7.91. The number of aromatic nitrogens is 2. The molecule has 2 aromatic carbocycles. The molecule has 192 valence electrons. The highest BCUT2D eigenvalue weighted by Gasteiger charge is 2.39. The van der Waals surface area contributed by atoms with E-state index in [9.17, 15) is 17.6 Å². The maximum Gasteiger partial charge on any atom is 0.573 e. The van der Waals surface area contributed by atoms with Gasteiger partial charge in [-0.05, 0) is 68.8 Å². The van der Waals surface area contributed by atoms with E-state index in [0.29, 0.717) is 42.4 Å². The molecule has 6 nitrogen and oxygen atoms in total. The minimum absolute atomic E-state index is 0.309. The number of rotatable bonds is 7. The highest BCUT2D eigenvalue weighted by molar-refractivity contribution is 5.77. The van der Waals surface area contributed by atoms with Gasteiger partial charge in [0.25, 0.3) is 0 Å². The van der Waals surface area contributed by atoms with Crippen molar-refractivity contribution in [1.29, 1.82) is 0 Å². The summed E-state index contributed by atoms with van der Waals surface area (Å²) < 4.78 is 57.3. The van der Waals surface area contributed by atoms with E-state index in [1.54, 1.807) is 12.1 Å². The van der Waals surface area contributed by atoms with E-state index in [1.807, 2.05) is 0 Å². The Labute approximate surface area is 207 Å². The number of ether oxygens (including phenoxy) is 1. The molecule has 1 aliphatic heterocycles. The zero-order chi connectivity index (χ0) is 26.1. The predicted octanol–water partition coefficient (Wildman–Crippen LogP) is 6.13. The molecule has 36 heavy (non-hydrogen) atoms. The summed E-state index contributed by atoms with van der Waals surface area (Å²) >= 11 is 0. The molecule has 1 aliphatic rings. The van der Waals surface area contributed by atoms with Crippen LogP contribution in [0.5, 0.6) is 5.75 Å². The molecule has 0 amide bonds. The number of anilines is 2. The van der Waals surface area contributed by atoms with Crippen molar-refractivity contribution in [3.63, 3.8) is 0 Å². The summed E-state index contributed by atoms with van der Waals surface area (Å²) in [5.74, 6) is 0.794. The second-order valence-electron chi connectivity index (χ2n) is 9.01. The molecule has 0 radical (unpaired) electrons. The first-order chi connectivity index (χ1) is 17.0. The Morgan fingerprint density at radius 2 is 1.78 bits per heavy atom. The van der Waals surface area contributed by atoms with Crippen LogP contribution in [-0.4, -0.2) is 33.9 Å². The van der Waals surface area contributed by atoms with Crippen LogP contribution in [0, 0.1) is 5.82 Å². The van der Waals surface area contributed by atoms with Crippen LogP contribution < -0.4 is 15.8 Å². The van der Waals surface area contributed by atoms with Crippen molar-refractivity contribution in [2.45, 2.75) is 45.6 Å². The van der Waals surface area contributed by atoms with E-state index in [1.165, 1.54) is 36.4 Å². The van der Waals surface area contributed by atoms with E-state index < -0.39 is 11.9 Å². The molecule has 0 saturated carbocycles. The van der Waals surface area contributed by atoms with Crippen molar-refractivity contribution in [3.8, 4) is 17.0 Å². The van der Waals surface area contributed by atoms with Gasteiger partial charge in [0.15, 0.2) is 0 Å². The lowest BCUT2D eigenvalue weighted by Gasteiger charge is -2.45. The molecule has 0 aliphatic carbocycles. The highest BCUT2D eigenvalue weighted by atomic mass is 19.4. The molecule has 0 bridgehead atoms. The van der Waals surface area contributed by atoms with Crippen LogP contribution in [0.15, 0.2) is 60.3 Å². The summed E-state index contributed by atoms with van der Waals surface area (Å²) in [5, 5.41) is 3.32. The summed E-state index contributed by atoms with van der Waals surface area (Å²) in [5.41, 5.74) is 8.48. The quantitative estimate of drug-likeness (QED) is 0.380. The topological polar surface area (TPSA) is 68.3 Å². The fourth-order valence-corrected chi connectivity index (χ4v) is 4.59. The molecule has 1 aromatic heterocycles. The lowest BCUT2D eigenvalue weighted by molar-refractivity contribution is -0.274. The van der Waals surface area contributed by atoms with Crippen molar-refractivity contribution >= 4 is 11.5 Å². The summed E-state index contributed by atoms with van der Waals surface area (Å²) in [6.07, 6.45) is -1.79. The van der Waals surface area contributed by atoms with E-state index in [4.69, 9.17) is 10.7 Å². The van der Waals surface area contributed by atoms with E-state index >= 15 is 0 Å². The van der Waals surface area contributed by atoms with Gasteiger partial charge in [-0.25, -0.2) is 9.37 Å². The van der Waals surface area contributed by atoms with Gasteiger partial charge in [0.1, 0.15) is 28.9 Å². The van der Waals surface area contributed by atoms with E-state index in [2.05, 4.69) is 46.4 Å². The van der Waals surface area contributed by atoms with Crippen molar-refractivity contribution in [2.75, 3.05) is 18.4 Å². The molecule has 0 fully saturated rings. The number of allylic oxidation sites excluding steroid dienone is 1. The molecule has 0 spiro atoms. The summed E-state index contributed by atoms with van der Waals surface area (Å²) in [6, 6.07) is 11.6. The Balaban J connectivity index is 1.77. The van der Waals surface area contributed by atoms with Crippen LogP contribution in [0.4, 0.5) is 29.1 Å². The van der Waals surface area contributed by atoms with Gasteiger partial charge < -0.3 is 25.3 Å². The molecule has 0 saturated heterocycles. The first-order valence-corrected chi connectivity index (χ1v) is 11.7. The van der Waals surface area contributed by atoms with Crippen molar-refractivity contribution in [1.82, 2.24) is 14.5 Å². The smallest absolute Gasteiger partial charge is 0.406 e. The van der Waals surface area contributed by atoms with Gasteiger partial charge in [0, 0.05) is 36.6 Å². The first-order valence-electron chi connectivity index (χ1n) is 11.7. The number of fused-ring (bicyclic) bond motifs is 1. The number of imidazole rings is 1. The number of alkyl halides is 3. The van der Waals surface area contributed by atoms with Gasteiger partial charge in [-0.3, -0.25) is 0 Å². The molecule has 3 N–H and O–H groups in total. The van der Waals surface area contributed by atoms with Crippen LogP contribution in [0.25, 0.3) is 11.3 Å². The van der Waals surface area contributed by atoms with Gasteiger partial charge in [0.2, 0.25) is 0 Å². The average molecular weight is 504 g/mol. The van der Waals surface area contributed by atoms with E-state index in [-0.39, 0.29) is 11.6 Å². The number of halogens is 4. The van der Waals surface area contributed by atoms with E-state index in [0.717, 1.165) is 17.9 Å². The zero-order valence-corrected chi connectivity index (χ0v) is 20.4. The Kier molecular flexibility index (Phi) is 6.99. The van der Waals surface area contributed by atoms with Crippen LogP contribution >= 0.6 is 0 Å². The van der Waals surface area contributed by atoms with Crippen LogP contribution in [0.2, 0.25) is 0 Å². The molecule has 3 aromatic rings.